The van der Waals surface area contributed by atoms with Crippen molar-refractivity contribution in [1.82, 2.24) is 4.98 Å². The van der Waals surface area contributed by atoms with Gasteiger partial charge < -0.3 is 9.73 Å². The fraction of sp³-hybridized carbons (Fsp3) is 0. The van der Waals surface area contributed by atoms with Crippen LogP contribution < -0.4 is 5.32 Å². The molecular formula is C22H14F2N2O2. The Morgan fingerprint density at radius 1 is 0.893 bits per heavy atom. The molecule has 0 spiro atoms. The van der Waals surface area contributed by atoms with Gasteiger partial charge in [-0.15, -0.1) is 0 Å². The lowest BCUT2D eigenvalue weighted by Crippen LogP contribution is -2.13. The zero-order chi connectivity index (χ0) is 19.5. The maximum absolute atomic E-state index is 13.4. The van der Waals surface area contributed by atoms with Gasteiger partial charge in [0.05, 0.1) is 11.8 Å². The molecule has 6 heteroatoms. The zero-order valence-electron chi connectivity index (χ0n) is 14.5. The van der Waals surface area contributed by atoms with E-state index in [0.717, 1.165) is 0 Å². The first-order valence-electron chi connectivity index (χ1n) is 8.48. The van der Waals surface area contributed by atoms with Gasteiger partial charge in [-0.05, 0) is 54.6 Å². The largest absolute Gasteiger partial charge is 0.436 e. The Kier molecular flexibility index (Phi) is 4.68. The van der Waals surface area contributed by atoms with Crippen LogP contribution in [0.2, 0.25) is 0 Å². The van der Waals surface area contributed by atoms with Gasteiger partial charge in [0.25, 0.3) is 5.91 Å². The lowest BCUT2D eigenvalue weighted by atomic mass is 10.1. The molecule has 0 saturated heterocycles. The molecule has 4 aromatic rings. The lowest BCUT2D eigenvalue weighted by Gasteiger charge is -2.08. The normalized spacial score (nSPS) is 10.6. The minimum atomic E-state index is -0.442. The van der Waals surface area contributed by atoms with Crippen molar-refractivity contribution >= 4 is 11.6 Å². The number of halogens is 2. The molecule has 1 heterocycles. The van der Waals surface area contributed by atoms with Gasteiger partial charge >= 0.3 is 0 Å². The Balaban J connectivity index is 1.65. The highest BCUT2D eigenvalue weighted by molar-refractivity contribution is 6.08. The molecule has 28 heavy (non-hydrogen) atoms. The average Bonchev–Trinajstić information content (AvgIpc) is 3.18. The molecule has 1 aromatic heterocycles. The van der Waals surface area contributed by atoms with Crippen molar-refractivity contribution in [2.75, 3.05) is 5.32 Å². The molecular weight excluding hydrogens is 362 g/mol. The molecule has 1 N–H and O–H groups in total. The Bertz CT molecular complexity index is 1140. The first-order valence-corrected chi connectivity index (χ1v) is 8.48. The second kappa shape index (κ2) is 7.44. The smallest absolute Gasteiger partial charge is 0.256 e. The van der Waals surface area contributed by atoms with Crippen LogP contribution in [-0.4, -0.2) is 10.9 Å². The van der Waals surface area contributed by atoms with E-state index in [4.69, 9.17) is 4.42 Å². The van der Waals surface area contributed by atoms with Crippen LogP contribution >= 0.6 is 0 Å². The van der Waals surface area contributed by atoms with Crippen molar-refractivity contribution in [3.05, 3.63) is 96.2 Å². The van der Waals surface area contributed by atoms with Crippen LogP contribution in [0, 0.1) is 11.6 Å². The third-order valence-electron chi connectivity index (χ3n) is 4.12. The second-order valence-corrected chi connectivity index (χ2v) is 6.05. The summed E-state index contributed by atoms with van der Waals surface area (Å²) in [5.74, 6) is -0.493. The van der Waals surface area contributed by atoms with Crippen molar-refractivity contribution in [2.24, 2.45) is 0 Å². The number of oxazole rings is 1. The molecule has 0 unspecified atom stereocenters. The Hall–Kier alpha value is -3.80. The van der Waals surface area contributed by atoms with E-state index in [-0.39, 0.29) is 11.7 Å². The predicted octanol–water partition coefficient (Wildman–Crippen LogP) is 5.54. The van der Waals surface area contributed by atoms with E-state index in [1.165, 1.54) is 36.5 Å². The van der Waals surface area contributed by atoms with Gasteiger partial charge in [-0.25, -0.2) is 13.8 Å². The van der Waals surface area contributed by atoms with Gasteiger partial charge in [0.15, 0.2) is 5.76 Å². The Morgan fingerprint density at radius 2 is 1.68 bits per heavy atom. The maximum Gasteiger partial charge on any atom is 0.256 e. The monoisotopic (exact) mass is 376 g/mol. The summed E-state index contributed by atoms with van der Waals surface area (Å²) in [5, 5.41) is 2.66. The summed E-state index contributed by atoms with van der Waals surface area (Å²) in [6.45, 7) is 0. The highest BCUT2D eigenvalue weighted by Gasteiger charge is 2.17. The number of nitrogens with one attached hydrogen (secondary N) is 1. The number of benzene rings is 3. The summed E-state index contributed by atoms with van der Waals surface area (Å²) in [7, 11) is 0. The maximum atomic E-state index is 13.4. The molecule has 1 amide bonds. The standard InChI is InChI=1S/C22H14F2N2O2/c23-15-10-8-14(9-11-15)20-13-25-22(28-20)19-7-2-1-6-18(19)21(27)26-17-5-3-4-16(24)12-17/h1-13H,(H,26,27). The average molecular weight is 376 g/mol. The minimum Gasteiger partial charge on any atom is -0.436 e. The van der Waals surface area contributed by atoms with Crippen molar-refractivity contribution in [3.8, 4) is 22.8 Å². The Morgan fingerprint density at radius 3 is 2.46 bits per heavy atom. The van der Waals surface area contributed by atoms with Gasteiger partial charge in [-0.2, -0.15) is 0 Å². The molecule has 0 aliphatic rings. The highest BCUT2D eigenvalue weighted by atomic mass is 19.1. The van der Waals surface area contributed by atoms with E-state index in [1.54, 1.807) is 42.5 Å². The molecule has 4 nitrogen and oxygen atoms in total. The summed E-state index contributed by atoms with van der Waals surface area (Å²) in [6.07, 6.45) is 1.52. The minimum absolute atomic E-state index is 0.254. The van der Waals surface area contributed by atoms with Crippen LogP contribution in [0.15, 0.2) is 83.4 Å². The van der Waals surface area contributed by atoms with Gasteiger partial charge in [0, 0.05) is 16.8 Å². The molecule has 0 radical (unpaired) electrons. The lowest BCUT2D eigenvalue weighted by molar-refractivity contribution is 0.102. The molecule has 0 aliphatic carbocycles. The Labute approximate surface area is 159 Å². The fourth-order valence-electron chi connectivity index (χ4n) is 2.78. The van der Waals surface area contributed by atoms with Crippen LogP contribution in [0.4, 0.5) is 14.5 Å². The highest BCUT2D eigenvalue weighted by Crippen LogP contribution is 2.28. The SMILES string of the molecule is O=C(Nc1cccc(F)c1)c1ccccc1-c1ncc(-c2ccc(F)cc2)o1. The van der Waals surface area contributed by atoms with E-state index >= 15 is 0 Å². The molecule has 0 saturated carbocycles. The first-order chi connectivity index (χ1) is 13.6. The molecule has 0 bridgehead atoms. The topological polar surface area (TPSA) is 55.1 Å². The van der Waals surface area contributed by atoms with Crippen molar-refractivity contribution in [1.29, 1.82) is 0 Å². The molecule has 3 aromatic carbocycles. The molecule has 4 rings (SSSR count). The number of carbonyl (C=O) groups excluding carboxylic acids is 1. The van der Waals surface area contributed by atoms with Gasteiger partial charge in [0.2, 0.25) is 5.89 Å². The van der Waals surface area contributed by atoms with E-state index in [2.05, 4.69) is 10.3 Å². The van der Waals surface area contributed by atoms with Crippen molar-refractivity contribution in [3.63, 3.8) is 0 Å². The predicted molar refractivity (Wildman–Crippen MR) is 102 cm³/mol. The zero-order valence-corrected chi connectivity index (χ0v) is 14.5. The first kappa shape index (κ1) is 17.6. The molecule has 138 valence electrons. The van der Waals surface area contributed by atoms with Gasteiger partial charge in [-0.1, -0.05) is 18.2 Å². The quantitative estimate of drug-likeness (QED) is 0.509. The van der Waals surface area contributed by atoms with Crippen molar-refractivity contribution < 1.29 is 18.0 Å². The van der Waals surface area contributed by atoms with Gasteiger partial charge in [-0.3, -0.25) is 4.79 Å². The van der Waals surface area contributed by atoms with Crippen LogP contribution in [0.3, 0.4) is 0 Å². The molecule has 0 atom stereocenters. The molecule has 0 aliphatic heterocycles. The number of nitrogens with zero attached hydrogens (tertiary/aromatic N) is 1. The van der Waals surface area contributed by atoms with Gasteiger partial charge in [0.1, 0.15) is 11.6 Å². The van der Waals surface area contributed by atoms with Crippen molar-refractivity contribution in [2.45, 2.75) is 0 Å². The summed E-state index contributed by atoms with van der Waals surface area (Å²) in [4.78, 5) is 16.9. The van der Waals surface area contributed by atoms with E-state index in [9.17, 15) is 13.6 Å². The third-order valence-corrected chi connectivity index (χ3v) is 4.12. The number of hydrogen-bond donors (Lipinski definition) is 1. The van der Waals surface area contributed by atoms with E-state index in [1.807, 2.05) is 0 Å². The summed E-state index contributed by atoms with van der Waals surface area (Å²) >= 11 is 0. The summed E-state index contributed by atoms with van der Waals surface area (Å²) in [5.41, 5.74) is 1.84. The molecule has 0 fully saturated rings. The number of rotatable bonds is 4. The summed E-state index contributed by atoms with van der Waals surface area (Å²) < 4.78 is 32.2. The van der Waals surface area contributed by atoms with Crippen LogP contribution in [0.5, 0.6) is 0 Å². The van der Waals surface area contributed by atoms with E-state index in [0.29, 0.717) is 28.1 Å². The summed E-state index contributed by atoms with van der Waals surface area (Å²) in [6, 6.07) is 18.3. The number of amides is 1. The number of aromatic nitrogens is 1. The third kappa shape index (κ3) is 3.66. The fourth-order valence-corrected chi connectivity index (χ4v) is 2.78. The second-order valence-electron chi connectivity index (χ2n) is 6.05. The number of carbonyl (C=O) groups is 1. The van der Waals surface area contributed by atoms with E-state index < -0.39 is 11.7 Å². The number of hydrogen-bond acceptors (Lipinski definition) is 3. The van der Waals surface area contributed by atoms with Crippen LogP contribution in [-0.2, 0) is 0 Å². The van der Waals surface area contributed by atoms with Crippen LogP contribution in [0.25, 0.3) is 22.8 Å². The van der Waals surface area contributed by atoms with Crippen LogP contribution in [0.1, 0.15) is 10.4 Å². The number of anilines is 1.